The number of hydrogen-bond acceptors (Lipinski definition) is 4. The van der Waals surface area contributed by atoms with Gasteiger partial charge in [0.2, 0.25) is 5.91 Å². The SMILES string of the molecule is NC(=O)c1ccc(NC(=S)Nc2ccc3n[nH]nc3c2)cc1. The molecular formula is C14H12N6OS. The van der Waals surface area contributed by atoms with Gasteiger partial charge in [-0.15, -0.1) is 0 Å². The summed E-state index contributed by atoms with van der Waals surface area (Å²) in [5.74, 6) is -0.465. The summed E-state index contributed by atoms with van der Waals surface area (Å²) in [5.41, 5.74) is 8.72. The number of amides is 1. The number of fused-ring (bicyclic) bond motifs is 1. The lowest BCUT2D eigenvalue weighted by Crippen LogP contribution is -2.19. The van der Waals surface area contributed by atoms with Gasteiger partial charge in [-0.25, -0.2) is 0 Å². The van der Waals surface area contributed by atoms with Gasteiger partial charge in [-0.05, 0) is 54.7 Å². The Morgan fingerprint density at radius 1 is 1.00 bits per heavy atom. The number of H-pyrrole nitrogens is 1. The number of nitrogens with two attached hydrogens (primary N) is 1. The number of rotatable bonds is 3. The van der Waals surface area contributed by atoms with Gasteiger partial charge < -0.3 is 16.4 Å². The Hall–Kier alpha value is -3.00. The van der Waals surface area contributed by atoms with Crippen molar-refractivity contribution in [3.63, 3.8) is 0 Å². The van der Waals surface area contributed by atoms with E-state index in [0.717, 1.165) is 22.4 Å². The molecule has 0 spiro atoms. The molecule has 1 amide bonds. The first-order valence-corrected chi connectivity index (χ1v) is 6.81. The summed E-state index contributed by atoms with van der Waals surface area (Å²) in [7, 11) is 0. The Morgan fingerprint density at radius 3 is 2.36 bits per heavy atom. The van der Waals surface area contributed by atoms with Crippen molar-refractivity contribution >= 4 is 45.6 Å². The van der Waals surface area contributed by atoms with Gasteiger partial charge in [-0.1, -0.05) is 0 Å². The standard InChI is InChI=1S/C14H12N6OS/c15-13(21)8-1-3-9(4-2-8)16-14(22)17-10-5-6-11-12(7-10)19-20-18-11/h1-7H,(H2,15,21)(H2,16,17,22)(H,18,19,20). The minimum absolute atomic E-state index is 0.426. The minimum atomic E-state index is -0.465. The number of aromatic amines is 1. The first-order valence-electron chi connectivity index (χ1n) is 6.40. The highest BCUT2D eigenvalue weighted by Gasteiger charge is 2.04. The molecule has 2 aromatic carbocycles. The van der Waals surface area contributed by atoms with Crippen LogP contribution in [0.25, 0.3) is 11.0 Å². The third kappa shape index (κ3) is 3.01. The minimum Gasteiger partial charge on any atom is -0.366 e. The van der Waals surface area contributed by atoms with Crippen molar-refractivity contribution < 1.29 is 4.79 Å². The summed E-state index contributed by atoms with van der Waals surface area (Å²) >= 11 is 5.25. The first-order chi connectivity index (χ1) is 10.6. The maximum atomic E-state index is 11.0. The number of aromatic nitrogens is 3. The van der Waals surface area contributed by atoms with Gasteiger partial charge in [0.25, 0.3) is 0 Å². The smallest absolute Gasteiger partial charge is 0.248 e. The van der Waals surface area contributed by atoms with Crippen LogP contribution in [0.5, 0.6) is 0 Å². The highest BCUT2D eigenvalue weighted by Crippen LogP contribution is 2.15. The molecule has 0 unspecified atom stereocenters. The molecule has 1 heterocycles. The van der Waals surface area contributed by atoms with E-state index in [1.54, 1.807) is 24.3 Å². The van der Waals surface area contributed by atoms with Crippen LogP contribution in [0.15, 0.2) is 42.5 Å². The molecule has 8 heteroatoms. The van der Waals surface area contributed by atoms with Crippen molar-refractivity contribution in [3.8, 4) is 0 Å². The highest BCUT2D eigenvalue weighted by atomic mass is 32.1. The number of nitrogens with zero attached hydrogens (tertiary/aromatic N) is 2. The van der Waals surface area contributed by atoms with Crippen LogP contribution in [0.4, 0.5) is 11.4 Å². The summed E-state index contributed by atoms with van der Waals surface area (Å²) in [6, 6.07) is 12.3. The summed E-state index contributed by atoms with van der Waals surface area (Å²) < 4.78 is 0. The van der Waals surface area contributed by atoms with Crippen molar-refractivity contribution in [2.45, 2.75) is 0 Å². The van der Waals surface area contributed by atoms with Crippen LogP contribution < -0.4 is 16.4 Å². The second-order valence-corrected chi connectivity index (χ2v) is 4.96. The Balaban J connectivity index is 1.67. The normalized spacial score (nSPS) is 10.4. The number of benzene rings is 2. The Kier molecular flexibility index (Phi) is 3.67. The molecule has 1 aromatic heterocycles. The van der Waals surface area contributed by atoms with Crippen LogP contribution in [0.1, 0.15) is 10.4 Å². The average molecular weight is 312 g/mol. The maximum Gasteiger partial charge on any atom is 0.248 e. The van der Waals surface area contributed by atoms with Gasteiger partial charge in [-0.2, -0.15) is 15.4 Å². The number of anilines is 2. The van der Waals surface area contributed by atoms with E-state index < -0.39 is 5.91 Å². The molecule has 3 aromatic rings. The molecule has 22 heavy (non-hydrogen) atoms. The van der Waals surface area contributed by atoms with Crippen molar-refractivity contribution in [1.29, 1.82) is 0 Å². The van der Waals surface area contributed by atoms with Gasteiger partial charge in [0.1, 0.15) is 11.0 Å². The van der Waals surface area contributed by atoms with Crippen LogP contribution in [0.3, 0.4) is 0 Å². The fourth-order valence-corrected chi connectivity index (χ4v) is 2.16. The first kappa shape index (κ1) is 14.0. The lowest BCUT2D eigenvalue weighted by atomic mass is 10.2. The van der Waals surface area contributed by atoms with E-state index in [1.165, 1.54) is 0 Å². The number of thiocarbonyl (C=S) groups is 1. The maximum absolute atomic E-state index is 11.0. The highest BCUT2D eigenvalue weighted by molar-refractivity contribution is 7.80. The molecule has 0 fully saturated rings. The molecule has 0 saturated carbocycles. The monoisotopic (exact) mass is 312 g/mol. The molecule has 0 radical (unpaired) electrons. The molecule has 0 aliphatic carbocycles. The molecule has 0 bridgehead atoms. The molecule has 5 N–H and O–H groups in total. The number of hydrogen-bond donors (Lipinski definition) is 4. The summed E-state index contributed by atoms with van der Waals surface area (Å²) in [4.78, 5) is 11.0. The fourth-order valence-electron chi connectivity index (χ4n) is 1.93. The van der Waals surface area contributed by atoms with E-state index in [1.807, 2.05) is 18.2 Å². The Labute approximate surface area is 130 Å². The third-order valence-corrected chi connectivity index (χ3v) is 3.21. The number of carbonyl (C=O) groups excluding carboxylic acids is 1. The third-order valence-electron chi connectivity index (χ3n) is 3.00. The predicted octanol–water partition coefficient (Wildman–Crippen LogP) is 1.87. The van der Waals surface area contributed by atoms with Crippen LogP contribution in [-0.2, 0) is 0 Å². The number of carbonyl (C=O) groups is 1. The molecule has 0 aliphatic heterocycles. The zero-order valence-electron chi connectivity index (χ0n) is 11.3. The zero-order chi connectivity index (χ0) is 15.5. The van der Waals surface area contributed by atoms with Gasteiger partial charge in [0.15, 0.2) is 5.11 Å². The van der Waals surface area contributed by atoms with Gasteiger partial charge >= 0.3 is 0 Å². The van der Waals surface area contributed by atoms with E-state index in [4.69, 9.17) is 18.0 Å². The topological polar surface area (TPSA) is 109 Å². The fraction of sp³-hybridized carbons (Fsp3) is 0. The lowest BCUT2D eigenvalue weighted by molar-refractivity contribution is 0.100. The number of nitrogens with one attached hydrogen (secondary N) is 3. The average Bonchev–Trinajstić information content (AvgIpc) is 2.95. The van der Waals surface area contributed by atoms with Crippen LogP contribution >= 0.6 is 12.2 Å². The van der Waals surface area contributed by atoms with Crippen molar-refractivity contribution in [2.75, 3.05) is 10.6 Å². The van der Waals surface area contributed by atoms with E-state index in [2.05, 4.69) is 26.0 Å². The molecule has 0 saturated heterocycles. The van der Waals surface area contributed by atoms with Crippen molar-refractivity contribution in [1.82, 2.24) is 15.4 Å². The van der Waals surface area contributed by atoms with Crippen LogP contribution in [-0.4, -0.2) is 26.4 Å². The van der Waals surface area contributed by atoms with E-state index in [0.29, 0.717) is 10.7 Å². The second-order valence-electron chi connectivity index (χ2n) is 4.55. The van der Waals surface area contributed by atoms with E-state index >= 15 is 0 Å². The Morgan fingerprint density at radius 2 is 1.64 bits per heavy atom. The largest absolute Gasteiger partial charge is 0.366 e. The molecule has 3 rings (SSSR count). The molecule has 0 atom stereocenters. The quantitative estimate of drug-likeness (QED) is 0.550. The molecule has 110 valence electrons. The van der Waals surface area contributed by atoms with Crippen LogP contribution in [0, 0.1) is 0 Å². The van der Waals surface area contributed by atoms with Crippen LogP contribution in [0.2, 0.25) is 0 Å². The summed E-state index contributed by atoms with van der Waals surface area (Å²) in [6.07, 6.45) is 0. The van der Waals surface area contributed by atoms with E-state index in [-0.39, 0.29) is 0 Å². The molecule has 7 nitrogen and oxygen atoms in total. The van der Waals surface area contributed by atoms with Gasteiger partial charge in [0, 0.05) is 16.9 Å². The number of primary amides is 1. The van der Waals surface area contributed by atoms with Gasteiger partial charge in [0.05, 0.1) is 0 Å². The predicted molar refractivity (Wildman–Crippen MR) is 88.7 cm³/mol. The van der Waals surface area contributed by atoms with Gasteiger partial charge in [-0.3, -0.25) is 4.79 Å². The molecule has 0 aliphatic rings. The van der Waals surface area contributed by atoms with Crippen molar-refractivity contribution in [3.05, 3.63) is 48.0 Å². The van der Waals surface area contributed by atoms with E-state index in [9.17, 15) is 4.79 Å². The Bertz CT molecular complexity index is 842. The molecular weight excluding hydrogens is 300 g/mol. The summed E-state index contributed by atoms with van der Waals surface area (Å²) in [5, 5.41) is 17.1. The lowest BCUT2D eigenvalue weighted by Gasteiger charge is -2.10. The zero-order valence-corrected chi connectivity index (χ0v) is 12.1. The van der Waals surface area contributed by atoms with Crippen molar-refractivity contribution in [2.24, 2.45) is 5.73 Å². The second kappa shape index (κ2) is 5.78. The summed E-state index contributed by atoms with van der Waals surface area (Å²) in [6.45, 7) is 0.